The molecule has 5 nitrogen and oxygen atoms in total. The van der Waals surface area contributed by atoms with Gasteiger partial charge in [-0.25, -0.2) is 9.37 Å². The quantitative estimate of drug-likeness (QED) is 0.828. The van der Waals surface area contributed by atoms with Gasteiger partial charge < -0.3 is 15.3 Å². The van der Waals surface area contributed by atoms with Crippen molar-refractivity contribution in [2.45, 2.75) is 19.8 Å². The third kappa shape index (κ3) is 2.87. The molecule has 1 saturated heterocycles. The van der Waals surface area contributed by atoms with Gasteiger partial charge in [0.05, 0.1) is 6.20 Å². The molecule has 1 aromatic rings. The van der Waals surface area contributed by atoms with Gasteiger partial charge in [0.2, 0.25) is 5.95 Å². The minimum Gasteiger partial charge on any atom is -0.396 e. The number of nitrogens with one attached hydrogen (secondary N) is 1. The maximum Gasteiger partial charge on any atom is 0.224 e. The van der Waals surface area contributed by atoms with Gasteiger partial charge in [-0.15, -0.1) is 0 Å². The lowest BCUT2D eigenvalue weighted by molar-refractivity contribution is 0.238. The van der Waals surface area contributed by atoms with Crippen LogP contribution in [0.4, 0.5) is 16.2 Å². The Labute approximate surface area is 106 Å². The molecule has 6 heteroatoms. The van der Waals surface area contributed by atoms with Crippen LogP contribution >= 0.6 is 0 Å². The summed E-state index contributed by atoms with van der Waals surface area (Å²) < 4.78 is 13.7. The number of aliphatic hydroxyl groups is 1. The number of hydrogen-bond donors (Lipinski definition) is 2. The first-order valence-corrected chi connectivity index (χ1v) is 6.36. The fourth-order valence-electron chi connectivity index (χ4n) is 2.08. The lowest BCUT2D eigenvalue weighted by Crippen LogP contribution is -2.23. The van der Waals surface area contributed by atoms with Crippen molar-refractivity contribution in [1.82, 2.24) is 9.97 Å². The zero-order chi connectivity index (χ0) is 13.0. The molecule has 0 bridgehead atoms. The number of aromatic nitrogens is 2. The van der Waals surface area contributed by atoms with Crippen molar-refractivity contribution >= 4 is 11.8 Å². The number of anilines is 2. The van der Waals surface area contributed by atoms with Crippen LogP contribution in [0.25, 0.3) is 0 Å². The first-order valence-electron chi connectivity index (χ1n) is 6.36. The minimum absolute atomic E-state index is 0.143. The van der Waals surface area contributed by atoms with Crippen LogP contribution < -0.4 is 10.2 Å². The van der Waals surface area contributed by atoms with Crippen LogP contribution in [0.1, 0.15) is 19.8 Å². The molecule has 1 aliphatic rings. The molecule has 0 amide bonds. The summed E-state index contributed by atoms with van der Waals surface area (Å²) in [4.78, 5) is 9.99. The summed E-state index contributed by atoms with van der Waals surface area (Å²) in [5.41, 5.74) is 0. The maximum atomic E-state index is 13.7. The zero-order valence-corrected chi connectivity index (χ0v) is 10.6. The summed E-state index contributed by atoms with van der Waals surface area (Å²) in [5.74, 6) is 0.599. The largest absolute Gasteiger partial charge is 0.396 e. The van der Waals surface area contributed by atoms with E-state index in [1.54, 1.807) is 0 Å². The Bertz CT molecular complexity index is 402. The van der Waals surface area contributed by atoms with Crippen LogP contribution in [-0.4, -0.2) is 41.3 Å². The van der Waals surface area contributed by atoms with Crippen LogP contribution in [0.5, 0.6) is 0 Å². The van der Waals surface area contributed by atoms with Gasteiger partial charge >= 0.3 is 0 Å². The van der Waals surface area contributed by atoms with Gasteiger partial charge in [0.25, 0.3) is 0 Å². The topological polar surface area (TPSA) is 61.3 Å². The third-order valence-corrected chi connectivity index (χ3v) is 3.10. The number of nitrogens with zero attached hydrogens (tertiary/aromatic N) is 3. The highest BCUT2D eigenvalue weighted by atomic mass is 19.1. The minimum atomic E-state index is -0.407. The SMILES string of the molecule is CCCNc1ncc(F)c(N2CCC(CO)C2)n1. The molecule has 100 valence electrons. The molecular weight excluding hydrogens is 235 g/mol. The maximum absolute atomic E-state index is 13.7. The lowest BCUT2D eigenvalue weighted by Gasteiger charge is -2.18. The van der Waals surface area contributed by atoms with E-state index < -0.39 is 5.82 Å². The Morgan fingerprint density at radius 3 is 3.11 bits per heavy atom. The van der Waals surface area contributed by atoms with E-state index >= 15 is 0 Å². The second-order valence-electron chi connectivity index (χ2n) is 4.58. The molecule has 1 aliphatic heterocycles. The molecular formula is C12H19FN4O. The van der Waals surface area contributed by atoms with E-state index in [9.17, 15) is 4.39 Å². The van der Waals surface area contributed by atoms with Crippen LogP contribution in [0, 0.1) is 11.7 Å². The number of hydrogen-bond acceptors (Lipinski definition) is 5. The molecule has 0 aromatic carbocycles. The summed E-state index contributed by atoms with van der Waals surface area (Å²) in [5, 5.41) is 12.2. The van der Waals surface area contributed by atoms with E-state index in [1.165, 1.54) is 6.20 Å². The molecule has 2 N–H and O–H groups in total. The van der Waals surface area contributed by atoms with Gasteiger partial charge in [-0.3, -0.25) is 0 Å². The van der Waals surface area contributed by atoms with Crippen LogP contribution in [-0.2, 0) is 0 Å². The fourth-order valence-corrected chi connectivity index (χ4v) is 2.08. The highest BCUT2D eigenvalue weighted by molar-refractivity contribution is 5.44. The van der Waals surface area contributed by atoms with Gasteiger partial charge in [-0.1, -0.05) is 6.92 Å². The summed E-state index contributed by atoms with van der Waals surface area (Å²) in [6.45, 7) is 4.34. The highest BCUT2D eigenvalue weighted by Gasteiger charge is 2.25. The van der Waals surface area contributed by atoms with Crippen molar-refractivity contribution in [2.24, 2.45) is 5.92 Å². The van der Waals surface area contributed by atoms with Crippen LogP contribution in [0.15, 0.2) is 6.20 Å². The second-order valence-corrected chi connectivity index (χ2v) is 4.58. The van der Waals surface area contributed by atoms with Gasteiger partial charge in [0.15, 0.2) is 11.6 Å². The van der Waals surface area contributed by atoms with Crippen molar-refractivity contribution in [1.29, 1.82) is 0 Å². The Morgan fingerprint density at radius 1 is 1.61 bits per heavy atom. The average Bonchev–Trinajstić information content (AvgIpc) is 2.86. The van der Waals surface area contributed by atoms with Crippen molar-refractivity contribution in [3.8, 4) is 0 Å². The Morgan fingerprint density at radius 2 is 2.44 bits per heavy atom. The van der Waals surface area contributed by atoms with Crippen molar-refractivity contribution in [3.63, 3.8) is 0 Å². The molecule has 1 aromatic heterocycles. The predicted molar refractivity (Wildman–Crippen MR) is 68.2 cm³/mol. The first-order chi connectivity index (χ1) is 8.74. The van der Waals surface area contributed by atoms with Gasteiger partial charge in [-0.2, -0.15) is 4.98 Å². The summed E-state index contributed by atoms with van der Waals surface area (Å²) in [6.07, 6.45) is 3.04. The van der Waals surface area contributed by atoms with E-state index in [1.807, 2.05) is 11.8 Å². The van der Waals surface area contributed by atoms with Gasteiger partial charge in [0, 0.05) is 32.2 Å². The molecule has 2 heterocycles. The molecule has 0 aliphatic carbocycles. The van der Waals surface area contributed by atoms with E-state index in [-0.39, 0.29) is 12.5 Å². The molecule has 1 unspecified atom stereocenters. The summed E-state index contributed by atoms with van der Waals surface area (Å²) >= 11 is 0. The van der Waals surface area contributed by atoms with E-state index in [0.717, 1.165) is 25.9 Å². The molecule has 0 radical (unpaired) electrons. The van der Waals surface area contributed by atoms with Crippen molar-refractivity contribution in [3.05, 3.63) is 12.0 Å². The zero-order valence-electron chi connectivity index (χ0n) is 10.6. The van der Waals surface area contributed by atoms with E-state index in [0.29, 0.717) is 18.3 Å². The normalized spacial score (nSPS) is 19.3. The molecule has 1 fully saturated rings. The van der Waals surface area contributed by atoms with Crippen molar-refractivity contribution in [2.75, 3.05) is 36.5 Å². The summed E-state index contributed by atoms with van der Waals surface area (Å²) in [7, 11) is 0. The molecule has 1 atom stereocenters. The average molecular weight is 254 g/mol. The van der Waals surface area contributed by atoms with Gasteiger partial charge in [0.1, 0.15) is 0 Å². The second kappa shape index (κ2) is 5.95. The summed E-state index contributed by atoms with van der Waals surface area (Å²) in [6, 6.07) is 0. The number of aliphatic hydroxyl groups excluding tert-OH is 1. The molecule has 0 spiro atoms. The standard InChI is InChI=1S/C12H19FN4O/c1-2-4-14-12-15-6-10(13)11(16-12)17-5-3-9(7-17)8-18/h6,9,18H,2-5,7-8H2,1H3,(H,14,15,16). The van der Waals surface area contributed by atoms with Crippen LogP contribution in [0.2, 0.25) is 0 Å². The third-order valence-electron chi connectivity index (χ3n) is 3.10. The first kappa shape index (κ1) is 13.0. The molecule has 2 rings (SSSR count). The molecule has 18 heavy (non-hydrogen) atoms. The number of halogens is 1. The van der Waals surface area contributed by atoms with Gasteiger partial charge in [-0.05, 0) is 12.8 Å². The van der Waals surface area contributed by atoms with Crippen LogP contribution in [0.3, 0.4) is 0 Å². The monoisotopic (exact) mass is 254 g/mol. The van der Waals surface area contributed by atoms with E-state index in [2.05, 4.69) is 15.3 Å². The predicted octanol–water partition coefficient (Wildman–Crippen LogP) is 1.26. The Hall–Kier alpha value is -1.43. The Kier molecular flexibility index (Phi) is 4.30. The van der Waals surface area contributed by atoms with Crippen molar-refractivity contribution < 1.29 is 9.50 Å². The highest BCUT2D eigenvalue weighted by Crippen LogP contribution is 2.24. The smallest absolute Gasteiger partial charge is 0.224 e. The number of rotatable bonds is 5. The molecule has 0 saturated carbocycles. The Balaban J connectivity index is 2.11. The van der Waals surface area contributed by atoms with E-state index in [4.69, 9.17) is 5.11 Å². The lowest BCUT2D eigenvalue weighted by atomic mass is 10.1. The fraction of sp³-hybridized carbons (Fsp3) is 0.667.